The molecule has 0 saturated heterocycles. The number of benzene rings is 2. The van der Waals surface area contributed by atoms with E-state index in [2.05, 4.69) is 108 Å². The minimum absolute atomic E-state index is 0. The van der Waals surface area contributed by atoms with Gasteiger partial charge in [0.25, 0.3) is 0 Å². The third-order valence-corrected chi connectivity index (χ3v) is 5.54. The first-order chi connectivity index (χ1) is 13.5. The summed E-state index contributed by atoms with van der Waals surface area (Å²) in [5.41, 5.74) is 8.30. The van der Waals surface area contributed by atoms with Crippen LogP contribution in [-0.2, 0) is 29.8 Å². The van der Waals surface area contributed by atoms with Crippen LogP contribution >= 0.6 is 24.8 Å². The maximum absolute atomic E-state index is 3.36. The Bertz CT molecular complexity index is 987. The summed E-state index contributed by atoms with van der Waals surface area (Å²) in [7, 11) is 0. The summed E-state index contributed by atoms with van der Waals surface area (Å²) >= 11 is 1.36. The van der Waals surface area contributed by atoms with Crippen LogP contribution in [-0.4, -0.2) is 6.88 Å². The molecule has 4 rings (SSSR count). The Balaban J connectivity index is -0.000000490. The second kappa shape index (κ2) is 17.7. The molecule has 1 atom stereocenters. The monoisotopic (exact) mass is 560 g/mol. The molecular formula is C28H36Cl2SiZr-4. The molecule has 4 heteroatoms. The number of halogens is 2. The van der Waals surface area contributed by atoms with E-state index in [1.54, 1.807) is 0 Å². The van der Waals surface area contributed by atoms with E-state index in [0.29, 0.717) is 5.92 Å². The van der Waals surface area contributed by atoms with Crippen LogP contribution in [0.2, 0.25) is 0 Å². The van der Waals surface area contributed by atoms with E-state index >= 15 is 0 Å². The van der Waals surface area contributed by atoms with Crippen LogP contribution in [0.3, 0.4) is 0 Å². The van der Waals surface area contributed by atoms with E-state index < -0.39 is 0 Å². The topological polar surface area (TPSA) is 0 Å². The van der Waals surface area contributed by atoms with Crippen molar-refractivity contribution in [3.63, 3.8) is 0 Å². The second-order valence-corrected chi connectivity index (χ2v) is 7.19. The van der Waals surface area contributed by atoms with E-state index in [-0.39, 0.29) is 39.7 Å². The Morgan fingerprint density at radius 3 is 1.97 bits per heavy atom. The van der Waals surface area contributed by atoms with Crippen LogP contribution in [0.4, 0.5) is 0 Å². The number of allylic oxidation sites excluding steroid dienone is 4. The predicted octanol–water partition coefficient (Wildman–Crippen LogP) is 8.87. The van der Waals surface area contributed by atoms with Crippen LogP contribution in [0.15, 0.2) is 77.4 Å². The Kier molecular flexibility index (Phi) is 19.7. The molecule has 1 unspecified atom stereocenters. The van der Waals surface area contributed by atoms with Gasteiger partial charge in [0, 0.05) is 0 Å². The molecule has 0 aromatic heterocycles. The van der Waals surface area contributed by atoms with E-state index in [1.165, 1.54) is 67.5 Å². The van der Waals surface area contributed by atoms with Crippen LogP contribution in [0.1, 0.15) is 40.2 Å². The van der Waals surface area contributed by atoms with Gasteiger partial charge in [-0.2, -0.15) is 17.2 Å². The van der Waals surface area contributed by atoms with Crippen LogP contribution < -0.4 is 0 Å². The fraction of sp³-hybridized carbons (Fsp3) is 0.250. The molecule has 0 N–H and O–H groups in total. The van der Waals surface area contributed by atoms with Crippen molar-refractivity contribution in [1.82, 2.24) is 0 Å². The molecule has 0 bridgehead atoms. The van der Waals surface area contributed by atoms with Gasteiger partial charge < -0.3 is 14.9 Å². The van der Waals surface area contributed by atoms with Gasteiger partial charge in [-0.25, -0.2) is 5.57 Å². The van der Waals surface area contributed by atoms with Crippen molar-refractivity contribution in [2.45, 2.75) is 41.0 Å². The SMILES string of the molecule is CC1=[C-]C(C)C(C)=C1C.CCc1cc2c(-c3ccccc3)cccc2[cH-]1.Cl.Cl.[CH3-].[CH3-].[Si]=[Zr]. The summed E-state index contributed by atoms with van der Waals surface area (Å²) in [5.74, 6) is 0.560. The number of fused-ring (bicyclic) bond motifs is 1. The van der Waals surface area contributed by atoms with Gasteiger partial charge >= 0.3 is 30.2 Å². The van der Waals surface area contributed by atoms with Crippen molar-refractivity contribution in [3.05, 3.63) is 104 Å². The van der Waals surface area contributed by atoms with Gasteiger partial charge in [0.2, 0.25) is 0 Å². The summed E-state index contributed by atoms with van der Waals surface area (Å²) in [6.07, 6.45) is 4.46. The molecule has 0 aliphatic heterocycles. The molecule has 0 amide bonds. The zero-order valence-corrected chi connectivity index (χ0v) is 25.5. The molecule has 0 saturated carbocycles. The Hall–Kier alpha value is -0.790. The molecule has 3 aromatic rings. The third kappa shape index (κ3) is 8.86. The average molecular weight is 563 g/mol. The number of aryl methyl sites for hydroxylation is 1. The van der Waals surface area contributed by atoms with E-state index in [0.717, 1.165) is 6.42 Å². The Morgan fingerprint density at radius 1 is 0.938 bits per heavy atom. The van der Waals surface area contributed by atoms with Crippen molar-refractivity contribution in [2.24, 2.45) is 5.92 Å². The third-order valence-electron chi connectivity index (χ3n) is 5.54. The first-order valence-corrected chi connectivity index (χ1v) is 14.0. The van der Waals surface area contributed by atoms with Gasteiger partial charge in [-0.3, -0.25) is 6.08 Å². The number of hydrogen-bond donors (Lipinski definition) is 0. The summed E-state index contributed by atoms with van der Waals surface area (Å²) in [5, 5.41) is 2.72. The summed E-state index contributed by atoms with van der Waals surface area (Å²) in [6, 6.07) is 21.8. The minimum atomic E-state index is 0. The molecule has 1 aliphatic rings. The normalized spacial score (nSPS) is 13.5. The molecule has 2 radical (unpaired) electrons. The average Bonchev–Trinajstić information content (AvgIpc) is 3.27. The standard InChI is InChI=1S/C17H15.C9H13.2CH3.2ClH.Si.Zr/c1-2-13-11-15-9-6-10-16(17(15)12-13)14-7-4-3-5-8-14;1-6-5-7(2)9(4)8(6)3;;;;;;/h3-12H,2H2,1H3;6H,1-4H3;2*1H3;2*1H;;/q4*-1;;;;. The van der Waals surface area contributed by atoms with Gasteiger partial charge in [0.05, 0.1) is 0 Å². The summed E-state index contributed by atoms with van der Waals surface area (Å²) in [6.45, 7) is 13.9. The number of rotatable bonds is 2. The predicted molar refractivity (Wildman–Crippen MR) is 147 cm³/mol. The van der Waals surface area contributed by atoms with E-state index in [9.17, 15) is 0 Å². The van der Waals surface area contributed by atoms with Gasteiger partial charge in [-0.1, -0.05) is 75.6 Å². The Morgan fingerprint density at radius 2 is 1.53 bits per heavy atom. The van der Waals surface area contributed by atoms with E-state index in [4.69, 9.17) is 0 Å². The summed E-state index contributed by atoms with van der Waals surface area (Å²) < 4.78 is 0. The zero-order valence-electron chi connectivity index (χ0n) is 20.4. The fourth-order valence-electron chi connectivity index (χ4n) is 3.53. The molecule has 3 aromatic carbocycles. The summed E-state index contributed by atoms with van der Waals surface area (Å²) in [4.78, 5) is 0. The van der Waals surface area contributed by atoms with Crippen molar-refractivity contribution >= 4 is 42.5 Å². The quantitative estimate of drug-likeness (QED) is 0.216. The fourth-order valence-corrected chi connectivity index (χ4v) is 3.53. The van der Waals surface area contributed by atoms with Crippen LogP contribution in [0.5, 0.6) is 0 Å². The van der Waals surface area contributed by atoms with Gasteiger partial charge in [0.1, 0.15) is 0 Å². The zero-order chi connectivity index (χ0) is 20.7. The second-order valence-electron chi connectivity index (χ2n) is 7.19. The maximum atomic E-state index is 3.36. The molecule has 0 spiro atoms. The molecule has 0 heterocycles. The first-order valence-electron chi connectivity index (χ1n) is 9.77. The van der Waals surface area contributed by atoms with Gasteiger partial charge in [-0.15, -0.1) is 66.3 Å². The van der Waals surface area contributed by atoms with E-state index in [1.807, 2.05) is 0 Å². The first kappa shape index (κ1) is 35.8. The van der Waals surface area contributed by atoms with Gasteiger partial charge in [0.15, 0.2) is 0 Å². The molecule has 1 aliphatic carbocycles. The molecule has 0 fully saturated rings. The van der Waals surface area contributed by atoms with Crippen molar-refractivity contribution in [3.8, 4) is 11.1 Å². The van der Waals surface area contributed by atoms with Crippen molar-refractivity contribution in [2.75, 3.05) is 0 Å². The molecule has 0 nitrogen and oxygen atoms in total. The van der Waals surface area contributed by atoms with Crippen molar-refractivity contribution < 1.29 is 23.3 Å². The molecular weight excluding hydrogens is 527 g/mol. The van der Waals surface area contributed by atoms with Crippen LogP contribution in [0.25, 0.3) is 21.9 Å². The molecule has 174 valence electrons. The van der Waals surface area contributed by atoms with Crippen LogP contribution in [0, 0.1) is 26.8 Å². The number of hydrogen-bond acceptors (Lipinski definition) is 0. The van der Waals surface area contributed by atoms with Gasteiger partial charge in [-0.05, 0) is 12.0 Å². The van der Waals surface area contributed by atoms with Crippen molar-refractivity contribution in [1.29, 1.82) is 0 Å². The molecule has 32 heavy (non-hydrogen) atoms. The Labute approximate surface area is 226 Å².